The van der Waals surface area contributed by atoms with Crippen molar-refractivity contribution >= 4 is 5.97 Å². The molecule has 19 heavy (non-hydrogen) atoms. The molecule has 0 saturated carbocycles. The van der Waals surface area contributed by atoms with E-state index >= 15 is 0 Å². The minimum atomic E-state index is -0.672. The molecule has 1 heterocycles. The Balaban J connectivity index is 1.74. The summed E-state index contributed by atoms with van der Waals surface area (Å²) in [5, 5.41) is 8.50. The lowest BCUT2D eigenvalue weighted by molar-refractivity contribution is -0.137. The van der Waals surface area contributed by atoms with Crippen LogP contribution in [-0.4, -0.2) is 37.0 Å². The lowest BCUT2D eigenvalue weighted by Gasteiger charge is -2.22. The largest absolute Gasteiger partial charge is 0.481 e. The molecule has 0 aliphatic carbocycles. The zero-order valence-electron chi connectivity index (χ0n) is 11.9. The molecule has 1 aliphatic heterocycles. The third-order valence-electron chi connectivity index (χ3n) is 3.55. The van der Waals surface area contributed by atoms with Crippen LogP contribution in [0.25, 0.3) is 0 Å². The second-order valence-electron chi connectivity index (χ2n) is 5.33. The Hall–Kier alpha value is -0.610. The average molecular weight is 272 g/mol. The molecule has 0 spiro atoms. The summed E-state index contributed by atoms with van der Waals surface area (Å²) in [6, 6.07) is 0. The topological polar surface area (TPSA) is 55.8 Å². The summed E-state index contributed by atoms with van der Waals surface area (Å²) >= 11 is 0. The maximum Gasteiger partial charge on any atom is 0.303 e. The predicted molar refractivity (Wildman–Crippen MR) is 74.4 cm³/mol. The number of hydrogen-bond donors (Lipinski definition) is 1. The first kappa shape index (κ1) is 16.4. The van der Waals surface area contributed by atoms with Crippen LogP contribution >= 0.6 is 0 Å². The van der Waals surface area contributed by atoms with Gasteiger partial charge in [-0.1, -0.05) is 44.9 Å². The maximum atomic E-state index is 10.3. The lowest BCUT2D eigenvalue weighted by Crippen LogP contribution is -2.28. The third-order valence-corrected chi connectivity index (χ3v) is 3.55. The first-order chi connectivity index (χ1) is 9.29. The minimum Gasteiger partial charge on any atom is -0.481 e. The molecule has 0 amide bonds. The molecule has 1 aliphatic rings. The van der Waals surface area contributed by atoms with Crippen LogP contribution < -0.4 is 0 Å². The molecule has 1 saturated heterocycles. The van der Waals surface area contributed by atoms with Gasteiger partial charge >= 0.3 is 5.97 Å². The van der Waals surface area contributed by atoms with Gasteiger partial charge in [0.25, 0.3) is 0 Å². The number of ether oxygens (including phenoxy) is 2. The standard InChI is InChI=1S/C15H28O4/c16-15(17)10-8-6-4-2-1-3-5-7-9-14-13-18-11-12-19-14/h14H,1-13H2,(H,16,17). The molecule has 0 aromatic heterocycles. The number of carbonyl (C=O) groups is 1. The maximum absolute atomic E-state index is 10.3. The van der Waals surface area contributed by atoms with Crippen molar-refractivity contribution < 1.29 is 19.4 Å². The first-order valence-corrected chi connectivity index (χ1v) is 7.70. The molecule has 1 atom stereocenters. The molecule has 0 bridgehead atoms. The van der Waals surface area contributed by atoms with E-state index in [1.165, 1.54) is 38.5 Å². The smallest absolute Gasteiger partial charge is 0.303 e. The van der Waals surface area contributed by atoms with Crippen molar-refractivity contribution in [3.05, 3.63) is 0 Å². The van der Waals surface area contributed by atoms with Gasteiger partial charge in [0.2, 0.25) is 0 Å². The molecule has 112 valence electrons. The number of unbranched alkanes of at least 4 members (excludes halogenated alkanes) is 7. The zero-order chi connectivity index (χ0) is 13.8. The number of carboxylic acid groups (broad SMARTS) is 1. The molecular formula is C15H28O4. The molecule has 1 N–H and O–H groups in total. The van der Waals surface area contributed by atoms with E-state index in [0.29, 0.717) is 12.5 Å². The summed E-state index contributed by atoms with van der Waals surface area (Å²) in [7, 11) is 0. The van der Waals surface area contributed by atoms with Crippen LogP contribution in [0.5, 0.6) is 0 Å². The van der Waals surface area contributed by atoms with Gasteiger partial charge in [-0.15, -0.1) is 0 Å². The SMILES string of the molecule is O=C(O)CCCCCCCCCCC1COCCO1. The average Bonchev–Trinajstić information content (AvgIpc) is 2.42. The van der Waals surface area contributed by atoms with Gasteiger partial charge in [-0.05, 0) is 12.8 Å². The minimum absolute atomic E-state index is 0.323. The summed E-state index contributed by atoms with van der Waals surface area (Å²) < 4.78 is 11.0. The van der Waals surface area contributed by atoms with Crippen LogP contribution in [0.2, 0.25) is 0 Å². The number of hydrogen-bond acceptors (Lipinski definition) is 3. The Kier molecular flexibility index (Phi) is 9.72. The van der Waals surface area contributed by atoms with Gasteiger partial charge < -0.3 is 14.6 Å². The molecule has 1 rings (SSSR count). The fourth-order valence-corrected chi connectivity index (χ4v) is 2.41. The van der Waals surface area contributed by atoms with Crippen molar-refractivity contribution in [1.29, 1.82) is 0 Å². The Bertz CT molecular complexity index is 224. The summed E-state index contributed by atoms with van der Waals surface area (Å²) in [5.41, 5.74) is 0. The van der Waals surface area contributed by atoms with E-state index < -0.39 is 5.97 Å². The van der Waals surface area contributed by atoms with E-state index in [-0.39, 0.29) is 0 Å². The van der Waals surface area contributed by atoms with E-state index in [1.807, 2.05) is 0 Å². The van der Waals surface area contributed by atoms with Crippen molar-refractivity contribution in [2.45, 2.75) is 70.3 Å². The summed E-state index contributed by atoms with van der Waals surface area (Å²) in [6.07, 6.45) is 11.1. The Morgan fingerprint density at radius 3 is 2.16 bits per heavy atom. The van der Waals surface area contributed by atoms with Crippen molar-refractivity contribution in [3.8, 4) is 0 Å². The van der Waals surface area contributed by atoms with Gasteiger partial charge in [0.05, 0.1) is 25.9 Å². The van der Waals surface area contributed by atoms with Crippen molar-refractivity contribution in [3.63, 3.8) is 0 Å². The molecule has 1 unspecified atom stereocenters. The second-order valence-corrected chi connectivity index (χ2v) is 5.33. The molecule has 4 nitrogen and oxygen atoms in total. The van der Waals surface area contributed by atoms with Crippen LogP contribution in [0.3, 0.4) is 0 Å². The normalized spacial score (nSPS) is 19.5. The van der Waals surface area contributed by atoms with Gasteiger partial charge in [0.1, 0.15) is 0 Å². The lowest BCUT2D eigenvalue weighted by atomic mass is 10.0. The van der Waals surface area contributed by atoms with Gasteiger partial charge in [-0.3, -0.25) is 4.79 Å². The summed E-state index contributed by atoms with van der Waals surface area (Å²) in [6.45, 7) is 2.27. The van der Waals surface area contributed by atoms with Crippen LogP contribution in [0.4, 0.5) is 0 Å². The van der Waals surface area contributed by atoms with Crippen molar-refractivity contribution in [2.24, 2.45) is 0 Å². The monoisotopic (exact) mass is 272 g/mol. The van der Waals surface area contributed by atoms with Gasteiger partial charge in [-0.25, -0.2) is 0 Å². The molecular weight excluding hydrogens is 244 g/mol. The zero-order valence-corrected chi connectivity index (χ0v) is 11.9. The van der Waals surface area contributed by atoms with Gasteiger partial charge in [0, 0.05) is 6.42 Å². The first-order valence-electron chi connectivity index (χ1n) is 7.70. The van der Waals surface area contributed by atoms with E-state index in [0.717, 1.165) is 39.1 Å². The number of aliphatic carboxylic acids is 1. The highest BCUT2D eigenvalue weighted by atomic mass is 16.6. The van der Waals surface area contributed by atoms with E-state index in [9.17, 15) is 4.79 Å². The Morgan fingerprint density at radius 2 is 1.58 bits per heavy atom. The number of carboxylic acids is 1. The highest BCUT2D eigenvalue weighted by molar-refractivity contribution is 5.66. The Morgan fingerprint density at radius 1 is 0.947 bits per heavy atom. The highest BCUT2D eigenvalue weighted by Gasteiger charge is 2.13. The molecule has 4 heteroatoms. The third kappa shape index (κ3) is 9.91. The van der Waals surface area contributed by atoms with Crippen LogP contribution in [0.15, 0.2) is 0 Å². The van der Waals surface area contributed by atoms with Gasteiger partial charge in [-0.2, -0.15) is 0 Å². The summed E-state index contributed by atoms with van der Waals surface area (Å²) in [4.78, 5) is 10.3. The molecule has 0 aromatic rings. The van der Waals surface area contributed by atoms with Crippen LogP contribution in [-0.2, 0) is 14.3 Å². The summed E-state index contributed by atoms with van der Waals surface area (Å²) in [5.74, 6) is -0.672. The van der Waals surface area contributed by atoms with E-state index in [2.05, 4.69) is 0 Å². The predicted octanol–water partition coefficient (Wildman–Crippen LogP) is 3.39. The molecule has 1 fully saturated rings. The van der Waals surface area contributed by atoms with E-state index in [1.54, 1.807) is 0 Å². The Labute approximate surface area is 116 Å². The second kappa shape index (κ2) is 11.2. The van der Waals surface area contributed by atoms with E-state index in [4.69, 9.17) is 14.6 Å². The fourth-order valence-electron chi connectivity index (χ4n) is 2.41. The molecule has 0 aromatic carbocycles. The number of rotatable bonds is 11. The van der Waals surface area contributed by atoms with Crippen LogP contribution in [0, 0.1) is 0 Å². The fraction of sp³-hybridized carbons (Fsp3) is 0.933. The van der Waals surface area contributed by atoms with Crippen LogP contribution in [0.1, 0.15) is 64.2 Å². The van der Waals surface area contributed by atoms with Crippen molar-refractivity contribution in [2.75, 3.05) is 19.8 Å². The quantitative estimate of drug-likeness (QED) is 0.586. The molecule has 0 radical (unpaired) electrons. The van der Waals surface area contributed by atoms with Gasteiger partial charge in [0.15, 0.2) is 0 Å². The van der Waals surface area contributed by atoms with Crippen molar-refractivity contribution in [1.82, 2.24) is 0 Å². The highest BCUT2D eigenvalue weighted by Crippen LogP contribution is 2.13.